The summed E-state index contributed by atoms with van der Waals surface area (Å²) in [6.07, 6.45) is 15.5. The van der Waals surface area contributed by atoms with Crippen LogP contribution in [-0.4, -0.2) is 139 Å². The van der Waals surface area contributed by atoms with Crippen LogP contribution in [0.2, 0.25) is 0 Å². The predicted octanol–water partition coefficient (Wildman–Crippen LogP) is 23.0. The number of fused-ring (bicyclic) bond motifs is 3. The molecule has 676 valence electrons. The van der Waals surface area contributed by atoms with E-state index in [0.29, 0.717) is 44.8 Å². The number of carbonyl (C=O) groups is 3. The van der Waals surface area contributed by atoms with E-state index in [0.717, 1.165) is 221 Å². The molecule has 23 heteroatoms. The second kappa shape index (κ2) is 37.1. The number of methoxy groups -OCH3 is 2. The first-order chi connectivity index (χ1) is 63.4. The minimum atomic E-state index is -0.768. The third-order valence-corrected chi connectivity index (χ3v) is 24.4. The molecule has 1 fully saturated rings. The average Bonchev–Trinajstić information content (AvgIpc) is 0.739. The fraction of sp³-hybridized carbons (Fsp3) is 0.339. The Balaban J connectivity index is 0.000000138. The summed E-state index contributed by atoms with van der Waals surface area (Å²) >= 11 is 0. The van der Waals surface area contributed by atoms with E-state index >= 15 is 0 Å². The first kappa shape index (κ1) is 90.5. The third-order valence-electron chi connectivity index (χ3n) is 24.4. The Morgan fingerprint density at radius 1 is 0.394 bits per heavy atom. The van der Waals surface area contributed by atoms with E-state index in [9.17, 15) is 14.4 Å². The van der Waals surface area contributed by atoms with Gasteiger partial charge in [0, 0.05) is 114 Å². The van der Waals surface area contributed by atoms with Gasteiger partial charge >= 0.3 is 12.0 Å². The van der Waals surface area contributed by atoms with Crippen LogP contribution in [0.3, 0.4) is 0 Å². The zero-order chi connectivity index (χ0) is 92.9. The molecular formula is C109H112N10O13. The van der Waals surface area contributed by atoms with Crippen LogP contribution >= 0.6 is 0 Å². The Kier molecular flexibility index (Phi) is 25.4. The van der Waals surface area contributed by atoms with Crippen molar-refractivity contribution in [2.24, 2.45) is 0 Å². The van der Waals surface area contributed by atoms with Gasteiger partial charge in [0.05, 0.1) is 91.7 Å². The highest BCUT2D eigenvalue weighted by Crippen LogP contribution is 2.52. The number of benzene rings is 9. The molecule has 3 atom stereocenters. The molecule has 19 rings (SSSR count). The van der Waals surface area contributed by atoms with Crippen molar-refractivity contribution in [3.05, 3.63) is 221 Å². The fourth-order valence-electron chi connectivity index (χ4n) is 18.8. The molecule has 1 saturated heterocycles. The van der Waals surface area contributed by atoms with Gasteiger partial charge in [0.15, 0.2) is 17.3 Å². The topological polar surface area (TPSA) is 263 Å². The Hall–Kier alpha value is -13.5. The summed E-state index contributed by atoms with van der Waals surface area (Å²) in [6, 6.07) is 44.3. The van der Waals surface area contributed by atoms with Crippen molar-refractivity contribution in [2.45, 2.75) is 185 Å². The molecule has 23 nitrogen and oxygen atoms in total. The van der Waals surface area contributed by atoms with Crippen LogP contribution in [0.25, 0.3) is 132 Å². The zero-order valence-electron chi connectivity index (χ0n) is 78.7. The molecule has 4 aliphatic heterocycles. The van der Waals surface area contributed by atoms with Gasteiger partial charge < -0.3 is 52.3 Å². The number of pyridine rings is 3. The number of ether oxygens (including phenoxy) is 10. The van der Waals surface area contributed by atoms with Gasteiger partial charge in [0.1, 0.15) is 35.6 Å². The van der Waals surface area contributed by atoms with Crippen LogP contribution in [0, 0.1) is 20.8 Å². The van der Waals surface area contributed by atoms with Gasteiger partial charge in [-0.1, -0.05) is 54.6 Å². The van der Waals surface area contributed by atoms with E-state index < -0.39 is 35.1 Å². The molecule has 9 aromatic carbocycles. The minimum absolute atomic E-state index is 0.0329. The van der Waals surface area contributed by atoms with E-state index in [4.69, 9.17) is 72.3 Å². The largest absolute Gasteiger partial charge is 0.493 e. The molecule has 0 bridgehead atoms. The molecule has 4 aliphatic rings. The monoisotopic (exact) mass is 1770 g/mol. The number of aryl methyl sites for hydroxylation is 3. The van der Waals surface area contributed by atoms with E-state index in [2.05, 4.69) is 129 Å². The summed E-state index contributed by atoms with van der Waals surface area (Å²) in [5, 5.41) is 9.11. The van der Waals surface area contributed by atoms with Gasteiger partial charge in [0.25, 0.3) is 0 Å². The van der Waals surface area contributed by atoms with Crippen molar-refractivity contribution in [1.82, 2.24) is 44.9 Å². The molecule has 0 unspecified atom stereocenters. The van der Waals surface area contributed by atoms with Crippen LogP contribution in [0.5, 0.6) is 41.0 Å². The number of hydrogen-bond donors (Lipinski definition) is 0. The Morgan fingerprint density at radius 3 is 1.12 bits per heavy atom. The summed E-state index contributed by atoms with van der Waals surface area (Å²) in [6.45, 7) is 37.4. The molecule has 15 aromatic rings. The van der Waals surface area contributed by atoms with Gasteiger partial charge in [-0.25, -0.2) is 19.9 Å². The molecule has 132 heavy (non-hydrogen) atoms. The first-order valence-electron chi connectivity index (χ1n) is 45.4. The SMILES string of the molecule is CC(=O)[C@@H](OC(C)(C)C)c1c(C)cc2cc(-c3cnc(N4CCCC4)nc3)ccc2c1-c1ccc2c3c(ccnc13)CCO2.CCOc1ncc(-c2ccc3c(-c4ccc5c6c(ccnc46)CCO5)c([C@H](OC(C)(C)C)C(C)=O)c(C)cc3c2)c(OCC)n1.COc1ncc(-c2ccc3c(-c4ccc5c6c(ccnc46)CCO5)c([C@H](OC(C)(C)C)C(C)=O)c(C)cc3c2)c(OC)n1. The normalized spacial score (nSPS) is 14.2. The molecule has 0 saturated carbocycles. The van der Waals surface area contributed by atoms with Gasteiger partial charge in [-0.15, -0.1) is 0 Å². The van der Waals surface area contributed by atoms with Gasteiger partial charge in [0.2, 0.25) is 17.7 Å². The minimum Gasteiger partial charge on any atom is -0.493 e. The number of Topliss-reactive ketones (excluding diaryl/α,β-unsaturated/α-hetero) is 3. The van der Waals surface area contributed by atoms with Crippen LogP contribution in [0.15, 0.2) is 171 Å². The number of rotatable bonds is 22. The lowest BCUT2D eigenvalue weighted by Crippen LogP contribution is -2.27. The smallest absolute Gasteiger partial charge is 0.319 e. The van der Waals surface area contributed by atoms with Crippen molar-refractivity contribution >= 4 is 88.3 Å². The van der Waals surface area contributed by atoms with E-state index in [-0.39, 0.29) is 29.4 Å². The molecular weight excluding hydrogens is 1660 g/mol. The standard InChI is InChI=1S/C37H38N4O3.C37H39N3O5.C35H35N3O5/c1-22-18-26-19-25(27-20-39-36(40-21-27)41-15-6-7-16-41)8-9-28(26)33(31(22)35(23(2)42)44-37(3,4)5)29-10-11-30-32-24(13-17-43-30)12-14-38-34(29)32;1-8-42-35-28(20-39-36(40-35)43-9-2)24-10-11-26-25(19-24)18-21(3)30(34(22(4)41)45-37(5,6)7)32(26)27-12-13-29-31-23(15-17-44-29)14-16-38-33(27)31;1-19-16-23-17-22(26-18-37-34(41-7)38-33(26)40-6)8-9-24(23)30(28(19)32(20(2)39)43-35(3,4)5)25-10-11-27-29-21(13-15-42-27)12-14-36-31(25)29/h8-12,14,18-21,35H,6-7,13,15-17H2,1-5H3;10-14,16,18-20,34H,8-9,15,17H2,1-7H3;8-12,14,16-18,32H,13,15H2,1-7H3/t35-;34-;32-/m111/s1. The molecule has 0 spiro atoms. The molecule has 0 radical (unpaired) electrons. The molecule has 10 heterocycles. The Labute approximate surface area is 769 Å². The summed E-state index contributed by atoms with van der Waals surface area (Å²) in [5.74, 6) is 4.04. The second-order valence-corrected chi connectivity index (χ2v) is 37.1. The fourth-order valence-corrected chi connectivity index (χ4v) is 18.8. The number of carbonyl (C=O) groups excluding carboxylic acids is 3. The third kappa shape index (κ3) is 18.2. The van der Waals surface area contributed by atoms with Gasteiger partial charge in [-0.2, -0.15) is 9.97 Å². The highest BCUT2D eigenvalue weighted by Gasteiger charge is 2.37. The number of ketones is 3. The number of anilines is 1. The number of nitrogens with zero attached hydrogens (tertiary/aromatic N) is 10. The summed E-state index contributed by atoms with van der Waals surface area (Å²) < 4.78 is 59.8. The zero-order valence-corrected chi connectivity index (χ0v) is 78.7. The lowest BCUT2D eigenvalue weighted by molar-refractivity contribution is -0.139. The Morgan fingerprint density at radius 2 is 0.758 bits per heavy atom. The predicted molar refractivity (Wildman–Crippen MR) is 519 cm³/mol. The molecule has 0 amide bonds. The van der Waals surface area contributed by atoms with Crippen LogP contribution < -0.4 is 38.1 Å². The second-order valence-electron chi connectivity index (χ2n) is 37.1. The van der Waals surface area contributed by atoms with Crippen molar-refractivity contribution in [1.29, 1.82) is 0 Å². The maximum atomic E-state index is 13.3. The van der Waals surface area contributed by atoms with Gasteiger partial charge in [-0.05, 0) is 319 Å². The summed E-state index contributed by atoms with van der Waals surface area (Å²) in [7, 11) is 3.10. The first-order valence-corrected chi connectivity index (χ1v) is 45.4. The van der Waals surface area contributed by atoms with Crippen LogP contribution in [0.4, 0.5) is 5.95 Å². The van der Waals surface area contributed by atoms with Crippen molar-refractivity contribution in [3.8, 4) is 108 Å². The van der Waals surface area contributed by atoms with Gasteiger partial charge in [-0.3, -0.25) is 29.3 Å². The maximum absolute atomic E-state index is 13.3. The highest BCUT2D eigenvalue weighted by atomic mass is 16.5. The van der Waals surface area contributed by atoms with Crippen molar-refractivity contribution < 1.29 is 61.8 Å². The van der Waals surface area contributed by atoms with E-state index in [1.54, 1.807) is 40.3 Å². The van der Waals surface area contributed by atoms with Crippen molar-refractivity contribution in [3.63, 3.8) is 0 Å². The van der Waals surface area contributed by atoms with Crippen LogP contribution in [-0.2, 0) is 47.9 Å². The lowest BCUT2D eigenvalue weighted by atomic mass is 9.84. The Bertz CT molecular complexity index is 7020. The van der Waals surface area contributed by atoms with Crippen LogP contribution in [0.1, 0.15) is 178 Å². The lowest BCUT2D eigenvalue weighted by Gasteiger charge is -2.30. The molecule has 0 aliphatic carbocycles. The average molecular weight is 1770 g/mol. The number of hydrogen-bond acceptors (Lipinski definition) is 23. The molecule has 0 N–H and O–H groups in total. The summed E-state index contributed by atoms with van der Waals surface area (Å²) in [5.41, 5.74) is 21.0. The van der Waals surface area contributed by atoms with E-state index in [1.165, 1.54) is 36.6 Å². The quantitative estimate of drug-likeness (QED) is 0.0610. The maximum Gasteiger partial charge on any atom is 0.319 e. The summed E-state index contributed by atoms with van der Waals surface area (Å²) in [4.78, 5) is 83.8. The van der Waals surface area contributed by atoms with E-state index in [1.807, 2.05) is 151 Å². The molecule has 6 aromatic heterocycles. The van der Waals surface area contributed by atoms with Crippen molar-refractivity contribution in [2.75, 3.05) is 65.2 Å². The number of aromatic nitrogens is 9. The highest BCUT2D eigenvalue weighted by molar-refractivity contribution is 6.13.